The second kappa shape index (κ2) is 8.33. The second-order valence-corrected chi connectivity index (χ2v) is 7.17. The number of anilines is 2. The van der Waals surface area contributed by atoms with E-state index in [1.807, 2.05) is 23.1 Å². The number of methoxy groups -OCH3 is 1. The largest absolute Gasteiger partial charge is 0.495 e. The van der Waals surface area contributed by atoms with Crippen LogP contribution in [0.5, 0.6) is 5.75 Å². The molecule has 1 aliphatic heterocycles. The molecule has 0 aromatic heterocycles. The van der Waals surface area contributed by atoms with Crippen molar-refractivity contribution in [1.29, 1.82) is 0 Å². The second-order valence-electron chi connectivity index (χ2n) is 7.17. The number of para-hydroxylation sites is 2. The van der Waals surface area contributed by atoms with Crippen molar-refractivity contribution in [3.63, 3.8) is 0 Å². The van der Waals surface area contributed by atoms with Crippen LogP contribution >= 0.6 is 0 Å². The molecule has 27 heavy (non-hydrogen) atoms. The van der Waals surface area contributed by atoms with Crippen LogP contribution in [-0.2, 0) is 4.79 Å². The highest BCUT2D eigenvalue weighted by Crippen LogP contribution is 2.28. The number of carbonyl (C=O) groups excluding carboxylic acids is 1. The number of rotatable bonds is 5. The Bertz CT molecular complexity index is 788. The normalized spacial score (nSPS) is 14.2. The van der Waals surface area contributed by atoms with Crippen LogP contribution < -0.4 is 15.0 Å². The lowest BCUT2D eigenvalue weighted by Crippen LogP contribution is -2.50. The van der Waals surface area contributed by atoms with E-state index in [9.17, 15) is 4.79 Å². The molecule has 1 aliphatic rings. The predicted molar refractivity (Wildman–Crippen MR) is 111 cm³/mol. The summed E-state index contributed by atoms with van der Waals surface area (Å²) >= 11 is 0. The summed E-state index contributed by atoms with van der Waals surface area (Å²) in [5.74, 6) is 1.03. The van der Waals surface area contributed by atoms with Crippen molar-refractivity contribution in [3.05, 3.63) is 53.1 Å². The van der Waals surface area contributed by atoms with Gasteiger partial charge >= 0.3 is 0 Å². The standard InChI is InChI=1S/C22H29N3O2/c1-16-13-17(2)22(18(3)14-16)23-15-21(26)25-11-9-24(10-12-25)19-7-5-6-8-20(19)27-4/h5-8,13-14,23H,9-12,15H2,1-4H3. The minimum atomic E-state index is 0.147. The Balaban J connectivity index is 1.56. The summed E-state index contributed by atoms with van der Waals surface area (Å²) in [6, 6.07) is 12.3. The molecule has 0 atom stereocenters. The molecule has 0 aliphatic carbocycles. The summed E-state index contributed by atoms with van der Waals surface area (Å²) in [7, 11) is 1.69. The number of nitrogens with one attached hydrogen (secondary N) is 1. The van der Waals surface area contributed by atoms with Crippen molar-refractivity contribution in [1.82, 2.24) is 4.90 Å². The van der Waals surface area contributed by atoms with Crippen LogP contribution in [0.2, 0.25) is 0 Å². The Hall–Kier alpha value is -2.69. The van der Waals surface area contributed by atoms with Crippen LogP contribution in [-0.4, -0.2) is 50.6 Å². The van der Waals surface area contributed by atoms with Crippen molar-refractivity contribution in [2.24, 2.45) is 0 Å². The summed E-state index contributed by atoms with van der Waals surface area (Å²) < 4.78 is 5.46. The van der Waals surface area contributed by atoms with Crippen LogP contribution in [0.1, 0.15) is 16.7 Å². The molecule has 0 spiro atoms. The zero-order valence-electron chi connectivity index (χ0n) is 16.7. The lowest BCUT2D eigenvalue weighted by Gasteiger charge is -2.36. The number of carbonyl (C=O) groups is 1. The van der Waals surface area contributed by atoms with Gasteiger partial charge in [0.25, 0.3) is 0 Å². The Morgan fingerprint density at radius 1 is 1.04 bits per heavy atom. The lowest BCUT2D eigenvalue weighted by atomic mass is 10.1. The zero-order valence-corrected chi connectivity index (χ0v) is 16.7. The van der Waals surface area contributed by atoms with E-state index in [2.05, 4.69) is 49.2 Å². The number of hydrogen-bond acceptors (Lipinski definition) is 4. The van der Waals surface area contributed by atoms with E-state index >= 15 is 0 Å². The SMILES string of the molecule is COc1ccccc1N1CCN(C(=O)CNc2c(C)cc(C)cc2C)CC1. The van der Waals surface area contributed by atoms with E-state index in [1.54, 1.807) is 7.11 Å². The van der Waals surface area contributed by atoms with Gasteiger partial charge < -0.3 is 19.9 Å². The van der Waals surface area contributed by atoms with Gasteiger partial charge in [0.1, 0.15) is 5.75 Å². The molecule has 1 fully saturated rings. The van der Waals surface area contributed by atoms with Crippen LogP contribution in [0.4, 0.5) is 11.4 Å². The van der Waals surface area contributed by atoms with Gasteiger partial charge in [0.15, 0.2) is 0 Å². The number of benzene rings is 2. The van der Waals surface area contributed by atoms with Crippen LogP contribution in [0.25, 0.3) is 0 Å². The molecule has 1 amide bonds. The van der Waals surface area contributed by atoms with Gasteiger partial charge in [0.2, 0.25) is 5.91 Å². The Kier molecular flexibility index (Phi) is 5.89. The minimum Gasteiger partial charge on any atom is -0.495 e. The van der Waals surface area contributed by atoms with Crippen molar-refractivity contribution < 1.29 is 9.53 Å². The molecule has 5 nitrogen and oxygen atoms in total. The first-order valence-electron chi connectivity index (χ1n) is 9.47. The molecule has 144 valence electrons. The Morgan fingerprint density at radius 2 is 1.67 bits per heavy atom. The average Bonchev–Trinajstić information content (AvgIpc) is 2.67. The van der Waals surface area contributed by atoms with E-state index in [0.29, 0.717) is 6.54 Å². The third kappa shape index (κ3) is 4.35. The van der Waals surface area contributed by atoms with Crippen molar-refractivity contribution in [3.8, 4) is 5.75 Å². The van der Waals surface area contributed by atoms with Gasteiger partial charge in [-0.15, -0.1) is 0 Å². The molecule has 1 heterocycles. The lowest BCUT2D eigenvalue weighted by molar-refractivity contribution is -0.129. The zero-order chi connectivity index (χ0) is 19.4. The summed E-state index contributed by atoms with van der Waals surface area (Å²) in [4.78, 5) is 16.9. The van der Waals surface area contributed by atoms with Gasteiger partial charge in [-0.3, -0.25) is 4.79 Å². The first kappa shape index (κ1) is 19.1. The quantitative estimate of drug-likeness (QED) is 0.880. The Morgan fingerprint density at radius 3 is 2.30 bits per heavy atom. The highest BCUT2D eigenvalue weighted by atomic mass is 16.5. The van der Waals surface area contributed by atoms with E-state index in [4.69, 9.17) is 4.74 Å². The molecule has 5 heteroatoms. The average molecular weight is 367 g/mol. The Labute approximate surface area is 161 Å². The van der Waals surface area contributed by atoms with E-state index in [1.165, 1.54) is 16.7 Å². The van der Waals surface area contributed by atoms with Crippen molar-refractivity contribution in [2.75, 3.05) is 50.1 Å². The van der Waals surface area contributed by atoms with Crippen LogP contribution in [0, 0.1) is 20.8 Å². The predicted octanol–water partition coefficient (Wildman–Crippen LogP) is 3.38. The highest BCUT2D eigenvalue weighted by Gasteiger charge is 2.22. The highest BCUT2D eigenvalue weighted by molar-refractivity contribution is 5.82. The molecule has 0 bridgehead atoms. The molecule has 2 aromatic rings. The van der Waals surface area contributed by atoms with Crippen molar-refractivity contribution >= 4 is 17.3 Å². The van der Waals surface area contributed by atoms with Gasteiger partial charge in [-0.1, -0.05) is 29.8 Å². The fourth-order valence-corrected chi connectivity index (χ4v) is 3.82. The fourth-order valence-electron chi connectivity index (χ4n) is 3.82. The number of hydrogen-bond donors (Lipinski definition) is 1. The number of aryl methyl sites for hydroxylation is 3. The maximum Gasteiger partial charge on any atom is 0.241 e. The van der Waals surface area contributed by atoms with Gasteiger partial charge in [0.05, 0.1) is 19.3 Å². The van der Waals surface area contributed by atoms with Crippen LogP contribution in [0.3, 0.4) is 0 Å². The molecule has 1 saturated heterocycles. The van der Waals surface area contributed by atoms with Gasteiger partial charge in [-0.05, 0) is 44.0 Å². The van der Waals surface area contributed by atoms with Gasteiger partial charge in [0, 0.05) is 31.9 Å². The molecule has 1 N–H and O–H groups in total. The fraction of sp³-hybridized carbons (Fsp3) is 0.409. The monoisotopic (exact) mass is 367 g/mol. The molecular weight excluding hydrogens is 338 g/mol. The molecule has 0 unspecified atom stereocenters. The third-order valence-electron chi connectivity index (χ3n) is 5.15. The molecular formula is C22H29N3O2. The van der Waals surface area contributed by atoms with Gasteiger partial charge in [-0.2, -0.15) is 0 Å². The number of piperazine rings is 1. The summed E-state index contributed by atoms with van der Waals surface area (Å²) in [6.45, 7) is 9.67. The summed E-state index contributed by atoms with van der Waals surface area (Å²) in [5.41, 5.74) is 5.77. The summed E-state index contributed by atoms with van der Waals surface area (Å²) in [6.07, 6.45) is 0. The number of amides is 1. The molecule has 0 radical (unpaired) electrons. The van der Waals surface area contributed by atoms with Crippen LogP contribution in [0.15, 0.2) is 36.4 Å². The van der Waals surface area contributed by atoms with Crippen molar-refractivity contribution in [2.45, 2.75) is 20.8 Å². The molecule has 3 rings (SSSR count). The smallest absolute Gasteiger partial charge is 0.241 e. The first-order valence-corrected chi connectivity index (χ1v) is 9.47. The van der Waals surface area contributed by atoms with E-state index in [-0.39, 0.29) is 5.91 Å². The third-order valence-corrected chi connectivity index (χ3v) is 5.15. The topological polar surface area (TPSA) is 44.8 Å². The maximum atomic E-state index is 12.6. The molecule has 2 aromatic carbocycles. The maximum absolute atomic E-state index is 12.6. The minimum absolute atomic E-state index is 0.147. The van der Waals surface area contributed by atoms with E-state index in [0.717, 1.165) is 43.3 Å². The number of nitrogens with zero attached hydrogens (tertiary/aromatic N) is 2. The molecule has 0 saturated carbocycles. The summed E-state index contributed by atoms with van der Waals surface area (Å²) in [5, 5.41) is 3.34. The number of ether oxygens (including phenoxy) is 1. The first-order chi connectivity index (χ1) is 13.0. The van der Waals surface area contributed by atoms with E-state index < -0.39 is 0 Å². The van der Waals surface area contributed by atoms with Gasteiger partial charge in [-0.25, -0.2) is 0 Å².